The molecule has 0 radical (unpaired) electrons. The molecule has 0 aliphatic rings. The minimum Gasteiger partial charge on any atom is -0.276 e. The van der Waals surface area contributed by atoms with Gasteiger partial charge in [-0.3, -0.25) is 25.8 Å². The Morgan fingerprint density at radius 3 is 2.66 bits per heavy atom. The average molecular weight is 394 g/mol. The molecule has 0 aliphatic heterocycles. The lowest BCUT2D eigenvalue weighted by atomic mass is 10.2. The van der Waals surface area contributed by atoms with Gasteiger partial charge in [0.05, 0.1) is 16.0 Å². The molecule has 4 rings (SSSR count). The second kappa shape index (κ2) is 7.26. The van der Waals surface area contributed by atoms with E-state index in [-0.39, 0.29) is 17.2 Å². The summed E-state index contributed by atoms with van der Waals surface area (Å²) in [7, 11) is 0. The lowest BCUT2D eigenvalue weighted by Gasteiger charge is -2.10. The Morgan fingerprint density at radius 2 is 1.86 bits per heavy atom. The second-order valence-corrected chi connectivity index (χ2v) is 5.70. The molecule has 2 aromatic carbocycles. The highest BCUT2D eigenvalue weighted by Crippen LogP contribution is 2.28. The van der Waals surface area contributed by atoms with Crippen LogP contribution in [0.2, 0.25) is 0 Å². The molecular formula is C17H11FN8O3. The number of hydrazine groups is 1. The van der Waals surface area contributed by atoms with Crippen molar-refractivity contribution in [3.63, 3.8) is 0 Å². The molecule has 0 spiro atoms. The van der Waals surface area contributed by atoms with Crippen LogP contribution in [-0.2, 0) is 0 Å². The third-order valence-corrected chi connectivity index (χ3v) is 3.95. The number of anilines is 1. The summed E-state index contributed by atoms with van der Waals surface area (Å²) in [4.78, 5) is 30.9. The minimum absolute atomic E-state index is 0.152. The molecule has 29 heavy (non-hydrogen) atoms. The van der Waals surface area contributed by atoms with E-state index in [0.717, 1.165) is 12.4 Å². The third kappa shape index (κ3) is 3.29. The number of amides is 1. The summed E-state index contributed by atoms with van der Waals surface area (Å²) in [5, 5.41) is 19.6. The fraction of sp³-hybridized carbons (Fsp3) is 0. The number of rotatable bonds is 5. The van der Waals surface area contributed by atoms with Gasteiger partial charge in [0.2, 0.25) is 11.6 Å². The van der Waals surface area contributed by atoms with Gasteiger partial charge >= 0.3 is 5.69 Å². The Hall–Kier alpha value is -4.48. The van der Waals surface area contributed by atoms with E-state index in [1.807, 2.05) is 0 Å². The van der Waals surface area contributed by atoms with Crippen molar-refractivity contribution in [3.05, 3.63) is 76.4 Å². The van der Waals surface area contributed by atoms with E-state index in [4.69, 9.17) is 0 Å². The van der Waals surface area contributed by atoms with Gasteiger partial charge in [0, 0.05) is 0 Å². The fourth-order valence-electron chi connectivity index (χ4n) is 2.64. The molecule has 2 N–H and O–H groups in total. The Labute approximate surface area is 161 Å². The molecule has 2 aromatic heterocycles. The smallest absolute Gasteiger partial charge is 0.276 e. The highest BCUT2D eigenvalue weighted by molar-refractivity contribution is 5.95. The summed E-state index contributed by atoms with van der Waals surface area (Å²) in [6.07, 6.45) is 1.07. The lowest BCUT2D eigenvalue weighted by molar-refractivity contribution is -0.384. The number of carbonyl (C=O) groups is 1. The first-order valence-electron chi connectivity index (χ1n) is 8.17. The Kier molecular flexibility index (Phi) is 4.49. The number of halogens is 1. The van der Waals surface area contributed by atoms with Gasteiger partial charge in [-0.15, -0.1) is 5.10 Å². The number of nitro groups is 1. The zero-order chi connectivity index (χ0) is 20.4. The third-order valence-electron chi connectivity index (χ3n) is 3.95. The summed E-state index contributed by atoms with van der Waals surface area (Å²) in [5.41, 5.74) is 4.77. The molecule has 0 bridgehead atoms. The van der Waals surface area contributed by atoms with E-state index in [2.05, 4.69) is 31.1 Å². The molecule has 2 heterocycles. The highest BCUT2D eigenvalue weighted by atomic mass is 19.1. The maximum absolute atomic E-state index is 13.7. The van der Waals surface area contributed by atoms with E-state index in [9.17, 15) is 19.3 Å². The van der Waals surface area contributed by atoms with Gasteiger partial charge in [0.25, 0.3) is 5.91 Å². The van der Waals surface area contributed by atoms with Gasteiger partial charge in [0.15, 0.2) is 0 Å². The number of nitrogens with zero attached hydrogens (tertiary/aromatic N) is 6. The lowest BCUT2D eigenvalue weighted by Crippen LogP contribution is -2.31. The van der Waals surface area contributed by atoms with Crippen molar-refractivity contribution >= 4 is 28.4 Å². The monoisotopic (exact) mass is 394 g/mol. The van der Waals surface area contributed by atoms with Crippen molar-refractivity contribution < 1.29 is 14.1 Å². The zero-order valence-corrected chi connectivity index (χ0v) is 14.5. The van der Waals surface area contributed by atoms with Gasteiger partial charge in [0.1, 0.15) is 17.7 Å². The SMILES string of the molecule is O=C(NNc1ncnc(-n2nnc3ccccc32)c1[N+](=O)[O-])c1ccccc1F. The quantitative estimate of drug-likeness (QED) is 0.387. The maximum atomic E-state index is 13.7. The number of benzene rings is 2. The van der Waals surface area contributed by atoms with Gasteiger partial charge in [-0.05, 0) is 24.3 Å². The van der Waals surface area contributed by atoms with Crippen LogP contribution in [-0.4, -0.2) is 35.8 Å². The molecule has 0 unspecified atom stereocenters. The fourth-order valence-corrected chi connectivity index (χ4v) is 2.64. The van der Waals surface area contributed by atoms with Crippen LogP contribution < -0.4 is 10.9 Å². The van der Waals surface area contributed by atoms with Gasteiger partial charge in [-0.25, -0.2) is 14.4 Å². The van der Waals surface area contributed by atoms with E-state index in [1.165, 1.54) is 22.9 Å². The predicted molar refractivity (Wildman–Crippen MR) is 98.6 cm³/mol. The number of fused-ring (bicyclic) bond motifs is 1. The van der Waals surface area contributed by atoms with Crippen LogP contribution in [0.3, 0.4) is 0 Å². The van der Waals surface area contributed by atoms with Crippen LogP contribution in [0.5, 0.6) is 0 Å². The summed E-state index contributed by atoms with van der Waals surface area (Å²) < 4.78 is 14.9. The van der Waals surface area contributed by atoms with Gasteiger partial charge < -0.3 is 0 Å². The largest absolute Gasteiger partial charge is 0.357 e. The van der Waals surface area contributed by atoms with Crippen molar-refractivity contribution in [2.45, 2.75) is 0 Å². The first kappa shape index (κ1) is 17.9. The summed E-state index contributed by atoms with van der Waals surface area (Å²) in [6.45, 7) is 0. The molecule has 0 saturated carbocycles. The van der Waals surface area contributed by atoms with Crippen molar-refractivity contribution in [1.29, 1.82) is 0 Å². The van der Waals surface area contributed by atoms with Gasteiger partial charge in [-0.2, -0.15) is 4.68 Å². The molecular weight excluding hydrogens is 383 g/mol. The molecule has 0 atom stereocenters. The average Bonchev–Trinajstić information content (AvgIpc) is 3.16. The number of hydrogen-bond acceptors (Lipinski definition) is 8. The summed E-state index contributed by atoms with van der Waals surface area (Å²) in [6, 6.07) is 12.2. The Morgan fingerprint density at radius 1 is 1.10 bits per heavy atom. The van der Waals surface area contributed by atoms with Crippen LogP contribution in [0.1, 0.15) is 10.4 Å². The predicted octanol–water partition coefficient (Wildman–Crippen LogP) is 2.01. The first-order valence-corrected chi connectivity index (χ1v) is 8.17. The Balaban J connectivity index is 1.70. The number of nitrogens with one attached hydrogen (secondary N) is 2. The van der Waals surface area contributed by atoms with Crippen LogP contribution in [0, 0.1) is 15.9 Å². The zero-order valence-electron chi connectivity index (χ0n) is 14.5. The van der Waals surface area contributed by atoms with E-state index >= 15 is 0 Å². The summed E-state index contributed by atoms with van der Waals surface area (Å²) in [5.74, 6) is -2.02. The van der Waals surface area contributed by atoms with Crippen molar-refractivity contribution in [2.75, 3.05) is 5.43 Å². The van der Waals surface area contributed by atoms with Crippen LogP contribution in [0.15, 0.2) is 54.9 Å². The number of aromatic nitrogens is 5. The standard InChI is InChI=1S/C17H11FN8O3/c18-11-6-2-1-5-10(11)17(27)23-22-15-14(26(28)29)16(20-9-19-15)25-13-8-4-3-7-12(13)21-24-25/h1-9H,(H,23,27)(H,19,20,22). The van der Waals surface area contributed by atoms with Crippen LogP contribution in [0.25, 0.3) is 16.9 Å². The number of carbonyl (C=O) groups excluding carboxylic acids is 1. The Bertz CT molecular complexity index is 1240. The summed E-state index contributed by atoms with van der Waals surface area (Å²) >= 11 is 0. The molecule has 0 aliphatic carbocycles. The molecule has 144 valence electrons. The number of para-hydroxylation sites is 1. The molecule has 0 saturated heterocycles. The normalized spacial score (nSPS) is 10.7. The van der Waals surface area contributed by atoms with Crippen molar-refractivity contribution in [3.8, 4) is 5.82 Å². The number of hydrogen-bond donors (Lipinski definition) is 2. The maximum Gasteiger partial charge on any atom is 0.357 e. The van der Waals surface area contributed by atoms with Gasteiger partial charge in [-0.1, -0.05) is 29.5 Å². The van der Waals surface area contributed by atoms with Crippen LogP contribution >= 0.6 is 0 Å². The molecule has 11 nitrogen and oxygen atoms in total. The topological polar surface area (TPSA) is 141 Å². The van der Waals surface area contributed by atoms with E-state index in [0.29, 0.717) is 11.0 Å². The molecule has 4 aromatic rings. The minimum atomic E-state index is -0.830. The first-order chi connectivity index (χ1) is 14.1. The van der Waals surface area contributed by atoms with Crippen molar-refractivity contribution in [1.82, 2.24) is 30.4 Å². The molecule has 12 heteroatoms. The van der Waals surface area contributed by atoms with Crippen molar-refractivity contribution in [2.24, 2.45) is 0 Å². The van der Waals surface area contributed by atoms with E-state index < -0.39 is 22.3 Å². The van der Waals surface area contributed by atoms with Crippen LogP contribution in [0.4, 0.5) is 15.9 Å². The molecule has 1 amide bonds. The highest BCUT2D eigenvalue weighted by Gasteiger charge is 2.27. The van der Waals surface area contributed by atoms with E-state index in [1.54, 1.807) is 24.3 Å². The second-order valence-electron chi connectivity index (χ2n) is 5.70. The molecule has 0 fully saturated rings.